The van der Waals surface area contributed by atoms with Crippen molar-refractivity contribution in [2.24, 2.45) is 0 Å². The van der Waals surface area contributed by atoms with Gasteiger partial charge in [-0.05, 0) is 32.0 Å². The second-order valence-electron chi connectivity index (χ2n) is 4.50. The van der Waals surface area contributed by atoms with E-state index in [1.165, 1.54) is 0 Å². The number of hydrogen-bond acceptors (Lipinski definition) is 4. The Balaban J connectivity index is 2.07. The Hall–Kier alpha value is -2.56. The number of H-pyrrole nitrogens is 1. The molecule has 1 aromatic carbocycles. The molecule has 0 aliphatic rings. The average molecular weight is 283 g/mol. The third kappa shape index (κ3) is 2.67. The van der Waals surface area contributed by atoms with Crippen LogP contribution in [0.4, 0.5) is 0 Å². The summed E-state index contributed by atoms with van der Waals surface area (Å²) in [7, 11) is 0. The quantitative estimate of drug-likeness (QED) is 0.779. The van der Waals surface area contributed by atoms with Gasteiger partial charge in [0.2, 0.25) is 0 Å². The van der Waals surface area contributed by atoms with Gasteiger partial charge in [0.15, 0.2) is 0 Å². The van der Waals surface area contributed by atoms with Gasteiger partial charge in [-0.15, -0.1) is 0 Å². The van der Waals surface area contributed by atoms with Crippen LogP contribution in [0.1, 0.15) is 13.8 Å². The molecular formula is C16H17N3O2. The highest BCUT2D eigenvalue weighted by Gasteiger charge is 2.12. The Morgan fingerprint density at radius 2 is 1.95 bits per heavy atom. The van der Waals surface area contributed by atoms with Crippen LogP contribution < -0.4 is 9.47 Å². The molecule has 0 bridgehead atoms. The fourth-order valence-electron chi connectivity index (χ4n) is 2.21. The first-order valence-electron chi connectivity index (χ1n) is 7.01. The summed E-state index contributed by atoms with van der Waals surface area (Å²) in [6.45, 7) is 5.13. The standard InChI is InChI=1S/C16H17N3O2/c1-3-20-11-5-6-12(15(9-11)21-4-2)16-18-13-7-8-17-10-14(13)19-16/h5-10H,3-4H2,1-2H3,(H,18,19). The maximum absolute atomic E-state index is 5.72. The molecule has 3 aromatic rings. The molecule has 21 heavy (non-hydrogen) atoms. The van der Waals surface area contributed by atoms with Crippen molar-refractivity contribution in [2.45, 2.75) is 13.8 Å². The van der Waals surface area contributed by atoms with Gasteiger partial charge in [-0.1, -0.05) is 0 Å². The molecule has 5 heteroatoms. The van der Waals surface area contributed by atoms with Crippen molar-refractivity contribution in [1.29, 1.82) is 0 Å². The molecular weight excluding hydrogens is 266 g/mol. The van der Waals surface area contributed by atoms with Gasteiger partial charge in [-0.3, -0.25) is 4.98 Å². The minimum Gasteiger partial charge on any atom is -0.494 e. The number of hydrogen-bond donors (Lipinski definition) is 1. The molecule has 0 atom stereocenters. The molecule has 1 N–H and O–H groups in total. The van der Waals surface area contributed by atoms with Crippen LogP contribution in [0.5, 0.6) is 11.5 Å². The van der Waals surface area contributed by atoms with Gasteiger partial charge in [-0.25, -0.2) is 4.98 Å². The maximum atomic E-state index is 5.72. The van der Waals surface area contributed by atoms with Crippen molar-refractivity contribution >= 4 is 11.0 Å². The van der Waals surface area contributed by atoms with Crippen molar-refractivity contribution in [3.8, 4) is 22.9 Å². The molecule has 108 valence electrons. The molecule has 0 aliphatic heterocycles. The van der Waals surface area contributed by atoms with Crippen LogP contribution in [0.25, 0.3) is 22.4 Å². The SMILES string of the molecule is CCOc1ccc(-c2nc3cnccc3[nH]2)c(OCC)c1. The Bertz CT molecular complexity index is 719. The van der Waals surface area contributed by atoms with Crippen molar-refractivity contribution in [3.63, 3.8) is 0 Å². The van der Waals surface area contributed by atoms with Gasteiger partial charge < -0.3 is 14.5 Å². The lowest BCUT2D eigenvalue weighted by Gasteiger charge is -2.11. The highest BCUT2D eigenvalue weighted by molar-refractivity contribution is 5.80. The van der Waals surface area contributed by atoms with Crippen LogP contribution in [-0.2, 0) is 0 Å². The monoisotopic (exact) mass is 283 g/mol. The molecule has 3 rings (SSSR count). The van der Waals surface area contributed by atoms with E-state index in [9.17, 15) is 0 Å². The summed E-state index contributed by atoms with van der Waals surface area (Å²) < 4.78 is 11.2. The van der Waals surface area contributed by atoms with E-state index in [4.69, 9.17) is 9.47 Å². The Morgan fingerprint density at radius 1 is 1.10 bits per heavy atom. The molecule has 0 saturated carbocycles. The van der Waals surface area contributed by atoms with Gasteiger partial charge in [0.05, 0.1) is 30.5 Å². The third-order valence-electron chi connectivity index (χ3n) is 3.10. The number of nitrogens with zero attached hydrogens (tertiary/aromatic N) is 2. The van der Waals surface area contributed by atoms with E-state index in [0.29, 0.717) is 13.2 Å². The topological polar surface area (TPSA) is 60.0 Å². The predicted octanol–water partition coefficient (Wildman–Crippen LogP) is 3.42. The van der Waals surface area contributed by atoms with Gasteiger partial charge in [-0.2, -0.15) is 0 Å². The molecule has 0 saturated heterocycles. The van der Waals surface area contributed by atoms with Gasteiger partial charge >= 0.3 is 0 Å². The minimum atomic E-state index is 0.588. The van der Waals surface area contributed by atoms with Crippen LogP contribution in [0.15, 0.2) is 36.7 Å². The van der Waals surface area contributed by atoms with Gasteiger partial charge in [0.25, 0.3) is 0 Å². The number of imidazole rings is 1. The van der Waals surface area contributed by atoms with Crippen molar-refractivity contribution in [1.82, 2.24) is 15.0 Å². The number of ether oxygens (including phenoxy) is 2. The molecule has 0 amide bonds. The highest BCUT2D eigenvalue weighted by atomic mass is 16.5. The summed E-state index contributed by atoms with van der Waals surface area (Å²) >= 11 is 0. The fourth-order valence-corrected chi connectivity index (χ4v) is 2.21. The van der Waals surface area contributed by atoms with Crippen molar-refractivity contribution in [2.75, 3.05) is 13.2 Å². The summed E-state index contributed by atoms with van der Waals surface area (Å²) in [6, 6.07) is 7.68. The number of aromatic nitrogens is 3. The first-order chi connectivity index (χ1) is 10.3. The molecule has 0 spiro atoms. The van der Waals surface area contributed by atoms with E-state index in [1.54, 1.807) is 12.4 Å². The lowest BCUT2D eigenvalue weighted by atomic mass is 10.2. The maximum Gasteiger partial charge on any atom is 0.142 e. The van der Waals surface area contributed by atoms with E-state index in [1.807, 2.05) is 38.1 Å². The Labute approximate surface area is 123 Å². The second kappa shape index (κ2) is 5.83. The molecule has 2 aromatic heterocycles. The van der Waals surface area contributed by atoms with E-state index >= 15 is 0 Å². The normalized spacial score (nSPS) is 10.8. The van der Waals surface area contributed by atoms with Gasteiger partial charge in [0.1, 0.15) is 22.8 Å². The molecule has 0 aliphatic carbocycles. The van der Waals surface area contributed by atoms with Crippen LogP contribution >= 0.6 is 0 Å². The summed E-state index contributed by atoms with van der Waals surface area (Å²) in [5, 5.41) is 0. The van der Waals surface area contributed by atoms with Crippen LogP contribution in [0.3, 0.4) is 0 Å². The summed E-state index contributed by atoms with van der Waals surface area (Å²) in [5.74, 6) is 2.32. The van der Waals surface area contributed by atoms with E-state index in [2.05, 4.69) is 15.0 Å². The fraction of sp³-hybridized carbons (Fsp3) is 0.250. The van der Waals surface area contributed by atoms with Crippen LogP contribution in [0, 0.1) is 0 Å². The predicted molar refractivity (Wildman–Crippen MR) is 81.7 cm³/mol. The molecule has 0 radical (unpaired) electrons. The van der Waals surface area contributed by atoms with Crippen molar-refractivity contribution in [3.05, 3.63) is 36.7 Å². The van der Waals surface area contributed by atoms with Crippen LogP contribution in [0.2, 0.25) is 0 Å². The first-order valence-corrected chi connectivity index (χ1v) is 7.01. The second-order valence-corrected chi connectivity index (χ2v) is 4.50. The Kier molecular flexibility index (Phi) is 3.73. The third-order valence-corrected chi connectivity index (χ3v) is 3.10. The lowest BCUT2D eigenvalue weighted by Crippen LogP contribution is -1.97. The number of aromatic amines is 1. The molecule has 0 fully saturated rings. The summed E-state index contributed by atoms with van der Waals surface area (Å²) in [4.78, 5) is 11.9. The Morgan fingerprint density at radius 3 is 2.71 bits per heavy atom. The molecule has 5 nitrogen and oxygen atoms in total. The van der Waals surface area contributed by atoms with E-state index < -0.39 is 0 Å². The zero-order valence-electron chi connectivity index (χ0n) is 12.1. The summed E-state index contributed by atoms with van der Waals surface area (Å²) in [6.07, 6.45) is 3.48. The molecule has 2 heterocycles. The zero-order valence-corrected chi connectivity index (χ0v) is 12.1. The van der Waals surface area contributed by atoms with Gasteiger partial charge in [0, 0.05) is 12.3 Å². The van der Waals surface area contributed by atoms with Crippen molar-refractivity contribution < 1.29 is 9.47 Å². The van der Waals surface area contributed by atoms with E-state index in [-0.39, 0.29) is 0 Å². The number of nitrogens with one attached hydrogen (secondary N) is 1. The largest absolute Gasteiger partial charge is 0.494 e. The number of rotatable bonds is 5. The van der Waals surface area contributed by atoms with Crippen LogP contribution in [-0.4, -0.2) is 28.2 Å². The number of benzene rings is 1. The minimum absolute atomic E-state index is 0.588. The number of pyridine rings is 1. The number of fused-ring (bicyclic) bond motifs is 1. The molecule has 0 unspecified atom stereocenters. The average Bonchev–Trinajstić information content (AvgIpc) is 2.92. The highest BCUT2D eigenvalue weighted by Crippen LogP contribution is 2.33. The lowest BCUT2D eigenvalue weighted by molar-refractivity contribution is 0.324. The van der Waals surface area contributed by atoms with E-state index in [0.717, 1.165) is 33.9 Å². The summed E-state index contributed by atoms with van der Waals surface area (Å²) in [5.41, 5.74) is 2.71. The smallest absolute Gasteiger partial charge is 0.142 e. The first kappa shape index (κ1) is 13.4. The zero-order chi connectivity index (χ0) is 14.7.